The van der Waals surface area contributed by atoms with Crippen LogP contribution in [0.25, 0.3) is 11.4 Å². The van der Waals surface area contributed by atoms with Gasteiger partial charge in [0.2, 0.25) is 11.9 Å². The SMILES string of the molecule is Nc1nc(-c2cncc(F)c2)nc(N2CCCC2)n1. The van der Waals surface area contributed by atoms with Crippen LogP contribution in [0, 0.1) is 5.82 Å². The molecule has 6 nitrogen and oxygen atoms in total. The van der Waals surface area contributed by atoms with Crippen molar-refractivity contribution in [3.63, 3.8) is 0 Å². The van der Waals surface area contributed by atoms with Gasteiger partial charge in [-0.3, -0.25) is 4.98 Å². The van der Waals surface area contributed by atoms with Crippen molar-refractivity contribution in [1.82, 2.24) is 19.9 Å². The lowest BCUT2D eigenvalue weighted by Gasteiger charge is -2.15. The van der Waals surface area contributed by atoms with E-state index in [0.29, 0.717) is 17.3 Å². The van der Waals surface area contributed by atoms with Crippen molar-refractivity contribution in [2.45, 2.75) is 12.8 Å². The third kappa shape index (κ3) is 2.44. The maximum absolute atomic E-state index is 13.2. The van der Waals surface area contributed by atoms with Crippen LogP contribution in [0.2, 0.25) is 0 Å². The Bertz CT molecular complexity index is 597. The highest BCUT2D eigenvalue weighted by Crippen LogP contribution is 2.21. The third-order valence-electron chi connectivity index (χ3n) is 2.99. The summed E-state index contributed by atoms with van der Waals surface area (Å²) in [7, 11) is 0. The highest BCUT2D eigenvalue weighted by atomic mass is 19.1. The van der Waals surface area contributed by atoms with Crippen molar-refractivity contribution in [2.75, 3.05) is 23.7 Å². The van der Waals surface area contributed by atoms with Gasteiger partial charge < -0.3 is 10.6 Å². The van der Waals surface area contributed by atoms with E-state index >= 15 is 0 Å². The molecule has 0 amide bonds. The van der Waals surface area contributed by atoms with Crippen LogP contribution in [0.1, 0.15) is 12.8 Å². The molecule has 2 aromatic rings. The van der Waals surface area contributed by atoms with E-state index in [1.807, 2.05) is 4.90 Å². The highest BCUT2D eigenvalue weighted by molar-refractivity contribution is 5.56. The van der Waals surface area contributed by atoms with Gasteiger partial charge in [0.15, 0.2) is 5.82 Å². The first-order valence-electron chi connectivity index (χ1n) is 6.10. The summed E-state index contributed by atoms with van der Waals surface area (Å²) in [5.41, 5.74) is 6.19. The monoisotopic (exact) mass is 260 g/mol. The van der Waals surface area contributed by atoms with Gasteiger partial charge in [-0.2, -0.15) is 15.0 Å². The van der Waals surface area contributed by atoms with Crippen molar-refractivity contribution < 1.29 is 4.39 Å². The van der Waals surface area contributed by atoms with Crippen LogP contribution in [-0.2, 0) is 0 Å². The molecule has 1 saturated heterocycles. The number of pyridine rings is 1. The lowest BCUT2D eigenvalue weighted by molar-refractivity contribution is 0.622. The minimum Gasteiger partial charge on any atom is -0.368 e. The number of hydrogen-bond donors (Lipinski definition) is 1. The van der Waals surface area contributed by atoms with Crippen LogP contribution in [-0.4, -0.2) is 33.0 Å². The lowest BCUT2D eigenvalue weighted by Crippen LogP contribution is -2.21. The summed E-state index contributed by atoms with van der Waals surface area (Å²) >= 11 is 0. The number of rotatable bonds is 2. The van der Waals surface area contributed by atoms with E-state index in [1.54, 1.807) is 0 Å². The average Bonchev–Trinajstić information content (AvgIpc) is 2.92. The fraction of sp³-hybridized carbons (Fsp3) is 0.333. The molecule has 98 valence electrons. The predicted octanol–water partition coefficient (Wildman–Crippen LogP) is 1.26. The molecule has 0 aromatic carbocycles. The lowest BCUT2D eigenvalue weighted by atomic mass is 10.2. The minimum absolute atomic E-state index is 0.135. The number of nitrogens with two attached hydrogens (primary N) is 1. The van der Waals surface area contributed by atoms with E-state index in [0.717, 1.165) is 32.1 Å². The Morgan fingerprint density at radius 1 is 1.11 bits per heavy atom. The van der Waals surface area contributed by atoms with Crippen LogP contribution >= 0.6 is 0 Å². The van der Waals surface area contributed by atoms with Crippen LogP contribution in [0.15, 0.2) is 18.5 Å². The molecule has 7 heteroatoms. The van der Waals surface area contributed by atoms with E-state index in [9.17, 15) is 4.39 Å². The molecule has 1 aliphatic heterocycles. The number of aromatic nitrogens is 4. The molecule has 3 heterocycles. The van der Waals surface area contributed by atoms with E-state index in [1.165, 1.54) is 12.3 Å². The summed E-state index contributed by atoms with van der Waals surface area (Å²) in [6.45, 7) is 1.81. The maximum atomic E-state index is 13.2. The molecule has 3 rings (SSSR count). The Hall–Kier alpha value is -2.31. The summed E-state index contributed by atoms with van der Waals surface area (Å²) in [6.07, 6.45) is 4.87. The summed E-state index contributed by atoms with van der Waals surface area (Å²) in [6, 6.07) is 1.33. The van der Waals surface area contributed by atoms with Gasteiger partial charge in [-0.25, -0.2) is 4.39 Å². The Morgan fingerprint density at radius 2 is 1.89 bits per heavy atom. The molecule has 1 fully saturated rings. The fourth-order valence-corrected chi connectivity index (χ4v) is 2.10. The largest absolute Gasteiger partial charge is 0.368 e. The van der Waals surface area contributed by atoms with Gasteiger partial charge in [-0.15, -0.1) is 0 Å². The molecule has 0 saturated carbocycles. The first kappa shape index (κ1) is 11.8. The Labute approximate surface area is 109 Å². The molecule has 2 aromatic heterocycles. The Kier molecular flexibility index (Phi) is 2.94. The van der Waals surface area contributed by atoms with E-state index in [-0.39, 0.29) is 5.95 Å². The number of halogens is 1. The molecular weight excluding hydrogens is 247 g/mol. The van der Waals surface area contributed by atoms with Crippen LogP contribution < -0.4 is 10.6 Å². The molecule has 0 unspecified atom stereocenters. The molecule has 0 bridgehead atoms. The molecule has 2 N–H and O–H groups in total. The van der Waals surface area contributed by atoms with Crippen LogP contribution in [0.4, 0.5) is 16.3 Å². The van der Waals surface area contributed by atoms with Crippen LogP contribution in [0.3, 0.4) is 0 Å². The molecule has 0 aliphatic carbocycles. The summed E-state index contributed by atoms with van der Waals surface area (Å²) in [5, 5.41) is 0. The quantitative estimate of drug-likeness (QED) is 0.875. The smallest absolute Gasteiger partial charge is 0.230 e. The number of hydrogen-bond acceptors (Lipinski definition) is 6. The average molecular weight is 260 g/mol. The first-order chi connectivity index (χ1) is 9.22. The minimum atomic E-state index is -0.431. The highest BCUT2D eigenvalue weighted by Gasteiger charge is 2.17. The van der Waals surface area contributed by atoms with E-state index in [4.69, 9.17) is 5.73 Å². The van der Waals surface area contributed by atoms with Gasteiger partial charge >= 0.3 is 0 Å². The van der Waals surface area contributed by atoms with Gasteiger partial charge in [0, 0.05) is 24.8 Å². The van der Waals surface area contributed by atoms with E-state index < -0.39 is 5.82 Å². The number of nitrogen functional groups attached to an aromatic ring is 1. The van der Waals surface area contributed by atoms with Gasteiger partial charge in [0.1, 0.15) is 5.82 Å². The predicted molar refractivity (Wildman–Crippen MR) is 68.9 cm³/mol. The topological polar surface area (TPSA) is 80.8 Å². The number of anilines is 2. The van der Waals surface area contributed by atoms with Crippen LogP contribution in [0.5, 0.6) is 0 Å². The Balaban J connectivity index is 2.01. The van der Waals surface area contributed by atoms with Gasteiger partial charge in [-0.1, -0.05) is 0 Å². The molecule has 0 spiro atoms. The van der Waals surface area contributed by atoms with Gasteiger partial charge in [0.05, 0.1) is 6.20 Å². The molecular formula is C12H13FN6. The second-order valence-electron chi connectivity index (χ2n) is 4.40. The summed E-state index contributed by atoms with van der Waals surface area (Å²) in [5.74, 6) is 0.598. The Morgan fingerprint density at radius 3 is 2.63 bits per heavy atom. The molecule has 0 radical (unpaired) electrons. The summed E-state index contributed by atoms with van der Waals surface area (Å²) in [4.78, 5) is 18.4. The van der Waals surface area contributed by atoms with Crippen molar-refractivity contribution >= 4 is 11.9 Å². The third-order valence-corrected chi connectivity index (χ3v) is 2.99. The normalized spacial score (nSPS) is 14.9. The van der Waals surface area contributed by atoms with Gasteiger partial charge in [-0.05, 0) is 18.9 Å². The number of nitrogens with zero attached hydrogens (tertiary/aromatic N) is 5. The van der Waals surface area contributed by atoms with Crippen molar-refractivity contribution in [1.29, 1.82) is 0 Å². The first-order valence-corrected chi connectivity index (χ1v) is 6.10. The summed E-state index contributed by atoms with van der Waals surface area (Å²) < 4.78 is 13.2. The van der Waals surface area contributed by atoms with Gasteiger partial charge in [0.25, 0.3) is 0 Å². The molecule has 1 aliphatic rings. The second-order valence-corrected chi connectivity index (χ2v) is 4.40. The molecule has 19 heavy (non-hydrogen) atoms. The second kappa shape index (κ2) is 4.75. The zero-order valence-electron chi connectivity index (χ0n) is 10.3. The van der Waals surface area contributed by atoms with E-state index in [2.05, 4.69) is 19.9 Å². The maximum Gasteiger partial charge on any atom is 0.230 e. The fourth-order valence-electron chi connectivity index (χ4n) is 2.10. The van der Waals surface area contributed by atoms with Crippen molar-refractivity contribution in [3.05, 3.63) is 24.3 Å². The zero-order chi connectivity index (χ0) is 13.2. The van der Waals surface area contributed by atoms with Crippen molar-refractivity contribution in [2.24, 2.45) is 0 Å². The molecule has 0 atom stereocenters. The standard InChI is InChI=1S/C12H13FN6/c13-9-5-8(6-15-7-9)10-16-11(14)18-12(17-10)19-3-1-2-4-19/h5-7H,1-4H2,(H2,14,16,17,18). The van der Waals surface area contributed by atoms with Crippen molar-refractivity contribution in [3.8, 4) is 11.4 Å². The zero-order valence-corrected chi connectivity index (χ0v) is 10.3.